The zero-order valence-electron chi connectivity index (χ0n) is 13.1. The molecule has 4 nitrogen and oxygen atoms in total. The first-order valence-corrected chi connectivity index (χ1v) is 8.75. The average Bonchev–Trinajstić information content (AvgIpc) is 2.11. The Balaban J connectivity index is 4.85. The highest BCUT2D eigenvalue weighted by molar-refractivity contribution is 6.60. The Morgan fingerprint density at radius 1 is 0.611 bits per heavy atom. The zero-order chi connectivity index (χ0) is 14.3. The molecule has 0 aromatic heterocycles. The van der Waals surface area contributed by atoms with Gasteiger partial charge in [0, 0.05) is 18.3 Å². The molecule has 0 radical (unpaired) electrons. The lowest BCUT2D eigenvalue weighted by Crippen LogP contribution is -2.55. The number of ether oxygens (including phenoxy) is 1. The Hall–Kier alpha value is 0.0569. The Labute approximate surface area is 113 Å². The summed E-state index contributed by atoms with van der Waals surface area (Å²) in [5.74, 6) is 0. The minimum absolute atomic E-state index is 0.0601. The van der Waals surface area contributed by atoms with Crippen molar-refractivity contribution in [3.63, 3.8) is 0 Å². The first kappa shape index (κ1) is 18.1. The van der Waals surface area contributed by atoms with Crippen LogP contribution in [0.4, 0.5) is 0 Å². The van der Waals surface area contributed by atoms with Crippen molar-refractivity contribution in [1.82, 2.24) is 0 Å². The largest absolute Gasteiger partial charge is 0.528 e. The topological polar surface area (TPSA) is 36.9 Å². The molecule has 0 N–H and O–H groups in total. The lowest BCUT2D eigenvalue weighted by molar-refractivity contribution is -0.0306. The fourth-order valence-corrected chi connectivity index (χ4v) is 4.59. The molecule has 0 spiro atoms. The quantitative estimate of drug-likeness (QED) is 0.607. The van der Waals surface area contributed by atoms with Gasteiger partial charge in [0.1, 0.15) is 6.23 Å². The Kier molecular flexibility index (Phi) is 8.30. The molecule has 0 bridgehead atoms. The van der Waals surface area contributed by atoms with Gasteiger partial charge in [0.05, 0.1) is 6.10 Å². The molecule has 0 rings (SSSR count). The van der Waals surface area contributed by atoms with E-state index in [2.05, 4.69) is 0 Å². The van der Waals surface area contributed by atoms with E-state index in [1.165, 1.54) is 0 Å². The van der Waals surface area contributed by atoms with Crippen LogP contribution >= 0.6 is 0 Å². The molecule has 0 aromatic rings. The summed E-state index contributed by atoms with van der Waals surface area (Å²) in [4.78, 5) is 0. The number of hydrogen-bond donors (Lipinski definition) is 0. The summed E-state index contributed by atoms with van der Waals surface area (Å²) in [5.41, 5.74) is 0. The van der Waals surface area contributed by atoms with E-state index in [1.54, 1.807) is 0 Å². The Bertz CT molecular complexity index is 191. The van der Waals surface area contributed by atoms with Crippen LogP contribution in [-0.2, 0) is 18.0 Å². The summed E-state index contributed by atoms with van der Waals surface area (Å²) in [5, 5.41) is 0. The van der Waals surface area contributed by atoms with E-state index in [-0.39, 0.29) is 24.4 Å². The Morgan fingerprint density at radius 3 is 1.17 bits per heavy atom. The molecule has 0 heterocycles. The van der Waals surface area contributed by atoms with Crippen molar-refractivity contribution in [3.8, 4) is 0 Å². The second-order valence-electron chi connectivity index (χ2n) is 5.54. The van der Waals surface area contributed by atoms with E-state index < -0.39 is 8.80 Å². The molecule has 0 unspecified atom stereocenters. The van der Waals surface area contributed by atoms with Gasteiger partial charge in [-0.05, 0) is 55.4 Å². The average molecular weight is 278 g/mol. The first-order chi connectivity index (χ1) is 8.17. The van der Waals surface area contributed by atoms with E-state index in [0.717, 1.165) is 0 Å². The second kappa shape index (κ2) is 8.27. The van der Waals surface area contributed by atoms with Gasteiger partial charge in [-0.25, -0.2) is 0 Å². The van der Waals surface area contributed by atoms with Gasteiger partial charge in [0.2, 0.25) is 0 Å². The molecule has 110 valence electrons. The minimum Gasteiger partial charge on any atom is -0.374 e. The van der Waals surface area contributed by atoms with Gasteiger partial charge < -0.3 is 18.0 Å². The summed E-state index contributed by atoms with van der Waals surface area (Å²) in [6.45, 7) is 15.9. The van der Waals surface area contributed by atoms with Gasteiger partial charge in [0.15, 0.2) is 0 Å². The third-order valence-corrected chi connectivity index (χ3v) is 4.85. The molecule has 0 aliphatic carbocycles. The Morgan fingerprint density at radius 2 is 0.944 bits per heavy atom. The van der Waals surface area contributed by atoms with E-state index >= 15 is 0 Å². The van der Waals surface area contributed by atoms with Crippen LogP contribution in [0.25, 0.3) is 0 Å². The fraction of sp³-hybridized carbons (Fsp3) is 1.00. The van der Waals surface area contributed by atoms with E-state index in [0.29, 0.717) is 6.23 Å². The molecule has 0 aliphatic rings. The molecule has 0 amide bonds. The summed E-state index contributed by atoms with van der Waals surface area (Å²) in [6, 6.07) is 0. The van der Waals surface area contributed by atoms with Crippen molar-refractivity contribution in [2.75, 3.05) is 6.23 Å². The maximum atomic E-state index is 5.98. The van der Waals surface area contributed by atoms with Crippen LogP contribution in [0.3, 0.4) is 0 Å². The maximum Gasteiger partial charge on any atom is 0.528 e. The van der Waals surface area contributed by atoms with Crippen LogP contribution in [-0.4, -0.2) is 39.5 Å². The third-order valence-electron chi connectivity index (χ3n) is 1.84. The zero-order valence-corrected chi connectivity index (χ0v) is 14.1. The normalized spacial score (nSPS) is 13.3. The minimum atomic E-state index is -2.77. The van der Waals surface area contributed by atoms with Crippen LogP contribution in [0.15, 0.2) is 0 Å². The summed E-state index contributed by atoms with van der Waals surface area (Å²) < 4.78 is 23.6. The molecule has 0 aliphatic heterocycles. The number of hydrogen-bond acceptors (Lipinski definition) is 4. The third kappa shape index (κ3) is 8.21. The highest BCUT2D eigenvalue weighted by atomic mass is 28.4. The molecule has 0 fully saturated rings. The standard InChI is InChI=1S/C13H30O4Si/c1-10(2)14-9-18(15-11(3)4,16-12(5)6)17-13(7)8/h10-13H,9H2,1-8H3. The highest BCUT2D eigenvalue weighted by Crippen LogP contribution is 2.18. The van der Waals surface area contributed by atoms with E-state index in [9.17, 15) is 0 Å². The van der Waals surface area contributed by atoms with Gasteiger partial charge >= 0.3 is 8.80 Å². The molecular formula is C13H30O4Si. The molecule has 0 saturated heterocycles. The SMILES string of the molecule is CC(C)OC[Si](OC(C)C)(OC(C)C)OC(C)C. The van der Waals surface area contributed by atoms with Crippen molar-refractivity contribution in [2.45, 2.75) is 79.8 Å². The molecule has 18 heavy (non-hydrogen) atoms. The molecule has 5 heteroatoms. The van der Waals surface area contributed by atoms with Crippen LogP contribution in [0.5, 0.6) is 0 Å². The van der Waals surface area contributed by atoms with Gasteiger partial charge in [-0.2, -0.15) is 0 Å². The molecule has 0 aromatic carbocycles. The highest BCUT2D eigenvalue weighted by Gasteiger charge is 2.45. The van der Waals surface area contributed by atoms with Crippen molar-refractivity contribution in [3.05, 3.63) is 0 Å². The van der Waals surface area contributed by atoms with Crippen LogP contribution in [0.2, 0.25) is 0 Å². The van der Waals surface area contributed by atoms with Gasteiger partial charge in [0.25, 0.3) is 0 Å². The molecule has 0 saturated carbocycles. The predicted molar refractivity (Wildman–Crippen MR) is 75.5 cm³/mol. The van der Waals surface area contributed by atoms with Crippen molar-refractivity contribution < 1.29 is 18.0 Å². The lowest BCUT2D eigenvalue weighted by atomic mass is 10.5. The number of rotatable bonds is 9. The van der Waals surface area contributed by atoms with Gasteiger partial charge in [-0.15, -0.1) is 0 Å². The van der Waals surface area contributed by atoms with Crippen molar-refractivity contribution in [1.29, 1.82) is 0 Å². The molecule has 0 atom stereocenters. The van der Waals surface area contributed by atoms with E-state index in [4.69, 9.17) is 18.0 Å². The maximum absolute atomic E-state index is 5.98. The summed E-state index contributed by atoms with van der Waals surface area (Å²) in [7, 11) is -2.77. The smallest absolute Gasteiger partial charge is 0.374 e. The van der Waals surface area contributed by atoms with Crippen LogP contribution < -0.4 is 0 Å². The van der Waals surface area contributed by atoms with E-state index in [1.807, 2.05) is 55.4 Å². The fourth-order valence-electron chi connectivity index (χ4n) is 1.53. The molecular weight excluding hydrogens is 248 g/mol. The monoisotopic (exact) mass is 278 g/mol. The van der Waals surface area contributed by atoms with Gasteiger partial charge in [-0.1, -0.05) is 0 Å². The predicted octanol–water partition coefficient (Wildman–Crippen LogP) is 3.16. The van der Waals surface area contributed by atoms with Gasteiger partial charge in [-0.3, -0.25) is 0 Å². The van der Waals surface area contributed by atoms with Crippen LogP contribution in [0, 0.1) is 0 Å². The second-order valence-corrected chi connectivity index (χ2v) is 7.90. The van der Waals surface area contributed by atoms with Crippen molar-refractivity contribution >= 4 is 8.80 Å². The lowest BCUT2D eigenvalue weighted by Gasteiger charge is -2.34. The summed E-state index contributed by atoms with van der Waals surface area (Å²) >= 11 is 0. The van der Waals surface area contributed by atoms with Crippen molar-refractivity contribution in [2.24, 2.45) is 0 Å². The summed E-state index contributed by atoms with van der Waals surface area (Å²) in [6.07, 6.45) is 0.720. The van der Waals surface area contributed by atoms with Crippen LogP contribution in [0.1, 0.15) is 55.4 Å². The first-order valence-electron chi connectivity index (χ1n) is 6.82.